The van der Waals surface area contributed by atoms with Gasteiger partial charge in [0.05, 0.1) is 18.5 Å². The zero-order chi connectivity index (χ0) is 21.6. The van der Waals surface area contributed by atoms with Crippen LogP contribution in [-0.2, 0) is 19.6 Å². The summed E-state index contributed by atoms with van der Waals surface area (Å²) in [7, 11) is 0. The van der Waals surface area contributed by atoms with Crippen LogP contribution >= 0.6 is 0 Å². The first-order valence-electron chi connectivity index (χ1n) is 11.4. The number of likely N-dealkylation sites (tertiary alicyclic amines) is 1. The molecule has 1 aliphatic heterocycles. The van der Waals surface area contributed by atoms with Crippen LogP contribution in [-0.4, -0.2) is 28.8 Å². The molecule has 0 bridgehead atoms. The first kappa shape index (κ1) is 21.2. The largest absolute Gasteiger partial charge is 0.347 e. The number of amides is 1. The van der Waals surface area contributed by atoms with Crippen LogP contribution in [0.5, 0.6) is 0 Å². The molecule has 6 nitrogen and oxygen atoms in total. The van der Waals surface area contributed by atoms with E-state index in [0.717, 1.165) is 24.9 Å². The fourth-order valence-electron chi connectivity index (χ4n) is 4.35. The number of hydrogen-bond donors (Lipinski definition) is 2. The summed E-state index contributed by atoms with van der Waals surface area (Å²) < 4.78 is 1.44. The van der Waals surface area contributed by atoms with Gasteiger partial charge >= 0.3 is 0 Å². The van der Waals surface area contributed by atoms with Gasteiger partial charge in [-0.1, -0.05) is 55.8 Å². The predicted octanol–water partition coefficient (Wildman–Crippen LogP) is 2.31. The summed E-state index contributed by atoms with van der Waals surface area (Å²) in [5, 5.41) is 8.64. The van der Waals surface area contributed by atoms with Gasteiger partial charge in [0.15, 0.2) is 5.69 Å². The summed E-state index contributed by atoms with van der Waals surface area (Å²) in [4.78, 5) is 27.5. The number of hydrogen-bond acceptors (Lipinski definition) is 3. The average Bonchev–Trinajstić information content (AvgIpc) is 3.31. The summed E-state index contributed by atoms with van der Waals surface area (Å²) in [5.41, 5.74) is 2.60. The second-order valence-corrected chi connectivity index (χ2v) is 8.36. The first-order valence-corrected chi connectivity index (χ1v) is 11.4. The second kappa shape index (κ2) is 9.88. The lowest BCUT2D eigenvalue weighted by Crippen LogP contribution is -3.08. The zero-order valence-electron chi connectivity index (χ0n) is 18.2. The molecule has 0 spiro atoms. The number of rotatable bonds is 8. The Morgan fingerprint density at radius 1 is 1.03 bits per heavy atom. The van der Waals surface area contributed by atoms with Crippen LogP contribution in [0.3, 0.4) is 0 Å². The van der Waals surface area contributed by atoms with E-state index in [4.69, 9.17) is 0 Å². The van der Waals surface area contributed by atoms with Crippen molar-refractivity contribution < 1.29 is 9.69 Å². The van der Waals surface area contributed by atoms with Gasteiger partial charge in [-0.15, -0.1) is 0 Å². The van der Waals surface area contributed by atoms with Crippen molar-refractivity contribution in [1.82, 2.24) is 15.1 Å². The van der Waals surface area contributed by atoms with E-state index in [1.807, 2.05) is 18.2 Å². The first-order chi connectivity index (χ1) is 15.2. The molecule has 1 aromatic heterocycles. The minimum atomic E-state index is -0.246. The molecule has 2 aromatic carbocycles. The van der Waals surface area contributed by atoms with E-state index in [1.165, 1.54) is 36.2 Å². The van der Waals surface area contributed by atoms with Gasteiger partial charge < -0.3 is 10.2 Å². The van der Waals surface area contributed by atoms with Gasteiger partial charge in [0.2, 0.25) is 0 Å². The maximum Gasteiger partial charge on any atom is 0.274 e. The molecule has 1 amide bonds. The Bertz CT molecular complexity index is 1120. The maximum absolute atomic E-state index is 13.1. The van der Waals surface area contributed by atoms with E-state index in [9.17, 15) is 9.59 Å². The molecule has 6 heteroatoms. The summed E-state index contributed by atoms with van der Waals surface area (Å²) in [6, 6.07) is 15.6. The van der Waals surface area contributed by atoms with Gasteiger partial charge in [0, 0.05) is 36.9 Å². The molecule has 0 aliphatic carbocycles. The summed E-state index contributed by atoms with van der Waals surface area (Å²) in [5.74, 6) is -0.246. The second-order valence-electron chi connectivity index (χ2n) is 8.36. The van der Waals surface area contributed by atoms with Crippen LogP contribution < -0.4 is 15.8 Å². The van der Waals surface area contributed by atoms with Gasteiger partial charge in [0.25, 0.3) is 11.5 Å². The quantitative estimate of drug-likeness (QED) is 0.589. The smallest absolute Gasteiger partial charge is 0.274 e. The number of unbranched alkanes of at least 4 members (excludes halogenated alkanes) is 1. The molecule has 4 rings (SSSR count). The number of quaternary nitrogens is 1. The van der Waals surface area contributed by atoms with Crippen molar-refractivity contribution in [2.45, 2.75) is 52.2 Å². The lowest BCUT2D eigenvalue weighted by molar-refractivity contribution is -0.901. The highest BCUT2D eigenvalue weighted by Gasteiger charge is 2.19. The van der Waals surface area contributed by atoms with Crippen molar-refractivity contribution in [2.75, 3.05) is 13.1 Å². The van der Waals surface area contributed by atoms with Crippen LogP contribution in [0.1, 0.15) is 54.2 Å². The zero-order valence-corrected chi connectivity index (χ0v) is 18.2. The molecular weight excluding hydrogens is 388 g/mol. The van der Waals surface area contributed by atoms with Crippen molar-refractivity contribution in [2.24, 2.45) is 0 Å². The van der Waals surface area contributed by atoms with E-state index in [1.54, 1.807) is 17.0 Å². The molecular formula is C25H31N4O2+. The normalized spacial score (nSPS) is 14.2. The van der Waals surface area contributed by atoms with Crippen molar-refractivity contribution >= 4 is 16.7 Å². The maximum atomic E-state index is 13.1. The number of carbonyl (C=O) groups excluding carboxylic acids is 1. The highest BCUT2D eigenvalue weighted by molar-refractivity contribution is 6.04. The number of aromatic nitrogens is 2. The molecule has 0 unspecified atom stereocenters. The SMILES string of the molecule is CCCCn1nc(C(=O)NCc2ccccc2C[NH+]2CCCC2)c2ccccc2c1=O. The molecule has 162 valence electrons. The highest BCUT2D eigenvalue weighted by Crippen LogP contribution is 2.14. The minimum absolute atomic E-state index is 0.139. The van der Waals surface area contributed by atoms with Gasteiger partial charge in [-0.3, -0.25) is 9.59 Å². The average molecular weight is 420 g/mol. The number of benzene rings is 2. The molecule has 1 aliphatic rings. The van der Waals surface area contributed by atoms with Crippen LogP contribution in [0.15, 0.2) is 53.3 Å². The monoisotopic (exact) mass is 419 g/mol. The highest BCUT2D eigenvalue weighted by atomic mass is 16.2. The van der Waals surface area contributed by atoms with Crippen molar-refractivity contribution in [3.05, 3.63) is 75.7 Å². The number of carbonyl (C=O) groups is 1. The summed E-state index contributed by atoms with van der Waals surface area (Å²) in [6.07, 6.45) is 4.39. The molecule has 0 atom stereocenters. The predicted molar refractivity (Wildman–Crippen MR) is 122 cm³/mol. The van der Waals surface area contributed by atoms with Crippen molar-refractivity contribution in [1.29, 1.82) is 0 Å². The van der Waals surface area contributed by atoms with Gasteiger partial charge in [-0.05, 0) is 18.1 Å². The Morgan fingerprint density at radius 3 is 2.45 bits per heavy atom. The lowest BCUT2D eigenvalue weighted by atomic mass is 10.1. The third kappa shape index (κ3) is 4.85. The number of nitrogens with zero attached hydrogens (tertiary/aromatic N) is 2. The Kier molecular flexibility index (Phi) is 6.77. The van der Waals surface area contributed by atoms with Crippen LogP contribution in [0.4, 0.5) is 0 Å². The standard InChI is InChI=1S/C25H30N4O2/c1-2-3-16-29-25(31)22-13-7-6-12-21(22)23(27-29)24(30)26-17-19-10-4-5-11-20(19)18-28-14-8-9-15-28/h4-7,10-13H,2-3,8-9,14-18H2,1H3,(H,26,30)/p+1. The molecule has 1 saturated heterocycles. The molecule has 0 saturated carbocycles. The summed E-state index contributed by atoms with van der Waals surface area (Å²) >= 11 is 0. The molecule has 2 heterocycles. The molecule has 0 radical (unpaired) electrons. The fraction of sp³-hybridized carbons (Fsp3) is 0.400. The van der Waals surface area contributed by atoms with Crippen LogP contribution in [0.2, 0.25) is 0 Å². The Balaban J connectivity index is 1.57. The molecule has 31 heavy (non-hydrogen) atoms. The van der Waals surface area contributed by atoms with Gasteiger partial charge in [0.1, 0.15) is 6.54 Å². The third-order valence-corrected chi connectivity index (χ3v) is 6.12. The van der Waals surface area contributed by atoms with Crippen LogP contribution in [0.25, 0.3) is 10.8 Å². The van der Waals surface area contributed by atoms with Crippen molar-refractivity contribution in [3.8, 4) is 0 Å². The topological polar surface area (TPSA) is 68.4 Å². The number of fused-ring (bicyclic) bond motifs is 1. The number of aryl methyl sites for hydroxylation is 1. The molecule has 1 fully saturated rings. The van der Waals surface area contributed by atoms with E-state index in [2.05, 4.69) is 35.5 Å². The Hall–Kier alpha value is -2.99. The van der Waals surface area contributed by atoms with E-state index >= 15 is 0 Å². The number of nitrogens with one attached hydrogen (secondary N) is 2. The van der Waals surface area contributed by atoms with Crippen molar-refractivity contribution in [3.63, 3.8) is 0 Å². The third-order valence-electron chi connectivity index (χ3n) is 6.12. The van der Waals surface area contributed by atoms with Gasteiger partial charge in [-0.2, -0.15) is 5.10 Å². The van der Waals surface area contributed by atoms with E-state index in [0.29, 0.717) is 29.6 Å². The molecule has 2 N–H and O–H groups in total. The summed E-state index contributed by atoms with van der Waals surface area (Å²) in [6.45, 7) is 6.47. The minimum Gasteiger partial charge on any atom is -0.347 e. The molecule has 3 aromatic rings. The van der Waals surface area contributed by atoms with E-state index < -0.39 is 0 Å². The fourth-order valence-corrected chi connectivity index (χ4v) is 4.35. The van der Waals surface area contributed by atoms with Crippen LogP contribution in [0, 0.1) is 0 Å². The Morgan fingerprint density at radius 2 is 1.71 bits per heavy atom. The van der Waals surface area contributed by atoms with E-state index in [-0.39, 0.29) is 11.5 Å². The Labute approximate surface area is 182 Å². The van der Waals surface area contributed by atoms with Gasteiger partial charge in [-0.25, -0.2) is 4.68 Å². The lowest BCUT2D eigenvalue weighted by Gasteiger charge is -2.16.